The molecule has 0 saturated heterocycles. The van der Waals surface area contributed by atoms with Gasteiger partial charge in [-0.15, -0.1) is 0 Å². The molecule has 0 unspecified atom stereocenters. The molecule has 0 bridgehead atoms. The molecule has 0 aliphatic rings. The fraction of sp³-hybridized carbons (Fsp3) is 0.100. The fourth-order valence-corrected chi connectivity index (χ4v) is 14.6. The van der Waals surface area contributed by atoms with Gasteiger partial charge in [0.2, 0.25) is 0 Å². The van der Waals surface area contributed by atoms with Crippen molar-refractivity contribution in [2.24, 2.45) is 0 Å². The molecule has 0 aliphatic carbocycles. The highest BCUT2D eigenvalue weighted by atomic mass is 15.2. The highest BCUT2D eigenvalue weighted by molar-refractivity contribution is 6.19. The number of hydrogen-bond donors (Lipinski definition) is 0. The maximum absolute atomic E-state index is 6.10. The van der Waals surface area contributed by atoms with E-state index in [1.54, 1.807) is 0 Å². The van der Waals surface area contributed by atoms with Crippen molar-refractivity contribution < 1.29 is 0 Å². The molecule has 0 fully saturated rings. The van der Waals surface area contributed by atoms with Crippen molar-refractivity contribution in [1.82, 2.24) is 32.8 Å². The molecule has 7 heteroatoms. The number of rotatable bonds is 7. The van der Waals surface area contributed by atoms with Crippen LogP contribution >= 0.6 is 0 Å². The van der Waals surface area contributed by atoms with Crippen LogP contribution < -0.4 is 0 Å². The lowest BCUT2D eigenvalue weighted by molar-refractivity contribution is 1.02. The van der Waals surface area contributed by atoms with Crippen molar-refractivity contribution in [3.63, 3.8) is 0 Å². The first-order valence-corrected chi connectivity index (χ1v) is 30.2. The Hall–Kier alpha value is -10.8. The molecule has 17 rings (SSSR count). The first kappa shape index (κ1) is 50.7. The molecule has 0 spiro atoms. The predicted octanol–water partition coefficient (Wildman–Crippen LogP) is 20.6. The van der Waals surface area contributed by atoms with E-state index in [0.29, 0.717) is 0 Å². The summed E-state index contributed by atoms with van der Waals surface area (Å²) in [5.41, 5.74) is 28.1. The van der Waals surface area contributed by atoms with Gasteiger partial charge in [0.05, 0.1) is 83.5 Å². The minimum absolute atomic E-state index is 0.801. The molecule has 0 aliphatic heterocycles. The van der Waals surface area contributed by atoms with E-state index in [2.05, 4.69) is 297 Å². The summed E-state index contributed by atoms with van der Waals surface area (Å²) in [6.07, 6.45) is 4.00. The number of hydrogen-bond acceptors (Lipinski definition) is 2. The van der Waals surface area contributed by atoms with Crippen molar-refractivity contribution in [1.29, 1.82) is 0 Å². The molecular weight excluding hydrogens is 1060 g/mol. The van der Waals surface area contributed by atoms with E-state index in [1.165, 1.54) is 87.6 Å². The van der Waals surface area contributed by atoms with Crippen molar-refractivity contribution in [3.8, 4) is 51.0 Å². The maximum Gasteiger partial charge on any atom is 0.150 e. The molecule has 6 aromatic heterocycles. The third kappa shape index (κ3) is 7.48. The second-order valence-electron chi connectivity index (χ2n) is 24.5. The Kier molecular flexibility index (Phi) is 11.0. The Morgan fingerprint density at radius 1 is 0.264 bits per heavy atom. The first-order valence-electron chi connectivity index (χ1n) is 30.2. The number of para-hydroxylation sites is 3. The van der Waals surface area contributed by atoms with Gasteiger partial charge in [0.25, 0.3) is 0 Å². The number of nitrogens with zero attached hydrogens (tertiary/aromatic N) is 7. The lowest BCUT2D eigenvalue weighted by Crippen LogP contribution is -2.17. The van der Waals surface area contributed by atoms with Gasteiger partial charge in [0, 0.05) is 72.3 Å². The highest BCUT2D eigenvalue weighted by Gasteiger charge is 2.37. The Bertz CT molecular complexity index is 5540. The first-order chi connectivity index (χ1) is 42.4. The van der Waals surface area contributed by atoms with Crippen LogP contribution in [0.5, 0.6) is 0 Å². The Morgan fingerprint density at radius 2 is 0.598 bits per heavy atom. The molecule has 11 aromatic carbocycles. The van der Waals surface area contributed by atoms with E-state index in [0.717, 1.165) is 106 Å². The van der Waals surface area contributed by atoms with E-state index >= 15 is 0 Å². The zero-order valence-corrected chi connectivity index (χ0v) is 50.0. The third-order valence-electron chi connectivity index (χ3n) is 18.3. The molecular formula is C80H61N7. The van der Waals surface area contributed by atoms with Crippen LogP contribution in [0.2, 0.25) is 0 Å². The molecule has 0 amide bonds. The summed E-state index contributed by atoms with van der Waals surface area (Å²) >= 11 is 0. The number of aromatic nitrogens is 7. The van der Waals surface area contributed by atoms with E-state index in [9.17, 15) is 0 Å². The zero-order valence-electron chi connectivity index (χ0n) is 50.0. The summed E-state index contributed by atoms with van der Waals surface area (Å²) in [5.74, 6) is 0.801. The van der Waals surface area contributed by atoms with Gasteiger partial charge in [-0.2, -0.15) is 0 Å². The minimum Gasteiger partial charge on any atom is -0.308 e. The zero-order chi connectivity index (χ0) is 58.7. The Morgan fingerprint density at radius 3 is 0.966 bits per heavy atom. The van der Waals surface area contributed by atoms with Gasteiger partial charge >= 0.3 is 0 Å². The molecule has 0 N–H and O–H groups in total. The van der Waals surface area contributed by atoms with Crippen LogP contribution in [0.1, 0.15) is 44.5 Å². The van der Waals surface area contributed by atoms with Gasteiger partial charge in [0.15, 0.2) is 0 Å². The average molecular weight is 1120 g/mol. The van der Waals surface area contributed by atoms with Crippen LogP contribution in [0.25, 0.3) is 149 Å². The van der Waals surface area contributed by atoms with Gasteiger partial charge in [-0.1, -0.05) is 129 Å². The average Bonchev–Trinajstić information content (AvgIpc) is 1.61. The molecule has 7 nitrogen and oxygen atoms in total. The van der Waals surface area contributed by atoms with E-state index < -0.39 is 0 Å². The van der Waals surface area contributed by atoms with Gasteiger partial charge in [-0.05, 0) is 183 Å². The van der Waals surface area contributed by atoms with Gasteiger partial charge in [-0.3, -0.25) is 9.55 Å². The van der Waals surface area contributed by atoms with Gasteiger partial charge in [-0.25, -0.2) is 4.98 Å². The van der Waals surface area contributed by atoms with Crippen LogP contribution in [-0.4, -0.2) is 32.8 Å². The summed E-state index contributed by atoms with van der Waals surface area (Å²) in [6.45, 7) is 17.7. The lowest BCUT2D eigenvalue weighted by atomic mass is 9.92. The predicted molar refractivity (Wildman–Crippen MR) is 365 cm³/mol. The molecule has 416 valence electrons. The topological polar surface area (TPSA) is 50.4 Å². The SMILES string of the molecule is Cc1ccc2c(c1)c1cc(C)ccc1n2-c1c(-c2cccnc2)c(-n2c3ccc(C)cc3c3cc(C)ccc32)c(-n2c3ccc(C)cc3c3cc(C)ccc32)c(-n2c3ccc(C)cc3c3cc(C)ccc32)c1-c1nc2ccccc2n1-c1ccccc1. The number of fused-ring (bicyclic) bond motifs is 13. The minimum atomic E-state index is 0.801. The number of aryl methyl sites for hydroxylation is 8. The van der Waals surface area contributed by atoms with Crippen LogP contribution in [0.4, 0.5) is 0 Å². The number of pyridine rings is 1. The summed E-state index contributed by atoms with van der Waals surface area (Å²) < 4.78 is 12.9. The van der Waals surface area contributed by atoms with Crippen molar-refractivity contribution in [2.45, 2.75) is 55.4 Å². The normalized spacial score (nSPS) is 12.1. The largest absolute Gasteiger partial charge is 0.308 e. The Labute approximate surface area is 503 Å². The van der Waals surface area contributed by atoms with Crippen LogP contribution in [0.3, 0.4) is 0 Å². The maximum atomic E-state index is 6.10. The van der Waals surface area contributed by atoms with Crippen molar-refractivity contribution in [3.05, 3.63) is 269 Å². The Balaban J connectivity index is 1.29. The summed E-state index contributed by atoms with van der Waals surface area (Å²) in [4.78, 5) is 11.2. The van der Waals surface area contributed by atoms with Crippen molar-refractivity contribution >= 4 is 98.3 Å². The van der Waals surface area contributed by atoms with Crippen LogP contribution in [0, 0.1) is 55.4 Å². The molecule has 17 aromatic rings. The van der Waals surface area contributed by atoms with E-state index in [-0.39, 0.29) is 0 Å². The molecule has 0 atom stereocenters. The number of imidazole rings is 1. The molecule has 0 radical (unpaired) electrons. The van der Waals surface area contributed by atoms with E-state index in [4.69, 9.17) is 9.97 Å². The van der Waals surface area contributed by atoms with Crippen molar-refractivity contribution in [2.75, 3.05) is 0 Å². The van der Waals surface area contributed by atoms with Crippen LogP contribution in [0.15, 0.2) is 225 Å². The number of benzene rings is 11. The quantitative estimate of drug-likeness (QED) is 0.160. The lowest BCUT2D eigenvalue weighted by Gasteiger charge is -2.31. The monoisotopic (exact) mass is 1120 g/mol. The fourth-order valence-electron chi connectivity index (χ4n) is 14.6. The molecule has 87 heavy (non-hydrogen) atoms. The summed E-state index contributed by atoms with van der Waals surface area (Å²) in [7, 11) is 0. The highest BCUT2D eigenvalue weighted by Crippen LogP contribution is 2.55. The second kappa shape index (κ2) is 18.9. The summed E-state index contributed by atoms with van der Waals surface area (Å²) in [6, 6.07) is 80.1. The van der Waals surface area contributed by atoms with Gasteiger partial charge < -0.3 is 18.3 Å². The van der Waals surface area contributed by atoms with E-state index in [1.807, 2.05) is 6.20 Å². The van der Waals surface area contributed by atoms with Gasteiger partial charge in [0.1, 0.15) is 5.82 Å². The smallest absolute Gasteiger partial charge is 0.150 e. The van der Waals surface area contributed by atoms with Crippen LogP contribution in [-0.2, 0) is 0 Å². The third-order valence-corrected chi connectivity index (χ3v) is 18.3. The standard InChI is InChI=1S/C80H61N7/c1-46-20-28-65-56(37-46)57-38-47(2)21-29-66(57)84(65)76-74(54-15-14-36-81-45-54)77(85-67-30-22-48(3)39-58(67)59-40-49(4)23-31-68(59)85)79(87-71-34-26-52(7)43-62(71)63-44-53(8)27-35-72(63)87)78(86-69-32-24-50(5)41-60(69)61-42-51(6)25-33-70(61)86)75(76)80-82-64-18-12-13-19-73(64)83(80)55-16-10-9-11-17-55/h9-45H,1-8H3. The molecule has 0 saturated carbocycles. The second-order valence-corrected chi connectivity index (χ2v) is 24.5. The summed E-state index contributed by atoms with van der Waals surface area (Å²) in [5, 5.41) is 9.47. The molecule has 6 heterocycles.